The number of aryl methyl sites for hydroxylation is 1. The van der Waals surface area contributed by atoms with E-state index in [0.717, 1.165) is 17.6 Å². The van der Waals surface area contributed by atoms with Crippen LogP contribution in [0.3, 0.4) is 0 Å². The molecule has 0 N–H and O–H groups in total. The third-order valence-electron chi connectivity index (χ3n) is 3.64. The van der Waals surface area contributed by atoms with Crippen LogP contribution in [0.2, 0.25) is 0 Å². The van der Waals surface area contributed by atoms with Gasteiger partial charge in [-0.05, 0) is 42.8 Å². The molecule has 5 heteroatoms. The van der Waals surface area contributed by atoms with Gasteiger partial charge < -0.3 is 14.4 Å². The van der Waals surface area contributed by atoms with Crippen LogP contribution in [0.15, 0.2) is 42.5 Å². The van der Waals surface area contributed by atoms with Gasteiger partial charge in [0, 0.05) is 5.56 Å². The molecule has 1 aliphatic rings. The van der Waals surface area contributed by atoms with E-state index in [-0.39, 0.29) is 12.5 Å². The second-order valence-corrected chi connectivity index (χ2v) is 5.34. The zero-order chi connectivity index (χ0) is 16.2. The Balaban J connectivity index is 1.72. The van der Waals surface area contributed by atoms with E-state index < -0.39 is 0 Å². The smallest absolute Gasteiger partial charge is 0.265 e. The molecule has 0 aliphatic carbocycles. The summed E-state index contributed by atoms with van der Waals surface area (Å²) >= 11 is 0. The van der Waals surface area contributed by atoms with Crippen LogP contribution < -0.4 is 14.4 Å². The monoisotopic (exact) mass is 311 g/mol. The number of amides is 1. The zero-order valence-corrected chi connectivity index (χ0v) is 12.8. The Morgan fingerprint density at radius 3 is 2.91 bits per heavy atom. The van der Waals surface area contributed by atoms with Crippen LogP contribution in [0, 0.1) is 6.92 Å². The van der Waals surface area contributed by atoms with Crippen molar-refractivity contribution >= 4 is 17.9 Å². The summed E-state index contributed by atoms with van der Waals surface area (Å²) < 4.78 is 11.1. The first-order valence-electron chi connectivity index (χ1n) is 7.39. The molecular formula is C18H17NO4. The molecule has 0 unspecified atom stereocenters. The number of anilines is 1. The van der Waals surface area contributed by atoms with Gasteiger partial charge >= 0.3 is 0 Å². The van der Waals surface area contributed by atoms with Gasteiger partial charge in [0.05, 0.1) is 12.2 Å². The second-order valence-electron chi connectivity index (χ2n) is 5.34. The molecule has 0 bridgehead atoms. The molecule has 0 fully saturated rings. The average Bonchev–Trinajstić information content (AvgIpc) is 2.56. The van der Waals surface area contributed by atoms with Crippen molar-refractivity contribution in [1.29, 1.82) is 0 Å². The summed E-state index contributed by atoms with van der Waals surface area (Å²) in [6, 6.07) is 12.8. The van der Waals surface area contributed by atoms with Crippen molar-refractivity contribution in [2.45, 2.75) is 6.92 Å². The van der Waals surface area contributed by atoms with Crippen molar-refractivity contribution in [2.75, 3.05) is 24.7 Å². The van der Waals surface area contributed by atoms with Crippen molar-refractivity contribution in [2.24, 2.45) is 0 Å². The summed E-state index contributed by atoms with van der Waals surface area (Å²) in [4.78, 5) is 24.7. The number of rotatable bonds is 5. The first kappa shape index (κ1) is 15.1. The number of ether oxygens (including phenoxy) is 2. The van der Waals surface area contributed by atoms with E-state index in [0.29, 0.717) is 30.2 Å². The second kappa shape index (κ2) is 6.52. The third kappa shape index (κ3) is 3.34. The lowest BCUT2D eigenvalue weighted by molar-refractivity contribution is -0.121. The number of hydrogen-bond acceptors (Lipinski definition) is 4. The van der Waals surface area contributed by atoms with Gasteiger partial charge in [0.15, 0.2) is 6.61 Å². The Morgan fingerprint density at radius 2 is 2.13 bits per heavy atom. The highest BCUT2D eigenvalue weighted by Crippen LogP contribution is 2.32. The molecule has 0 radical (unpaired) electrons. The lowest BCUT2D eigenvalue weighted by Gasteiger charge is -2.29. The van der Waals surface area contributed by atoms with Crippen molar-refractivity contribution in [3.8, 4) is 11.5 Å². The predicted molar refractivity (Wildman–Crippen MR) is 86.4 cm³/mol. The number of aldehydes is 1. The maximum atomic E-state index is 12.1. The quantitative estimate of drug-likeness (QED) is 0.797. The number of carbonyl (C=O) groups is 2. The van der Waals surface area contributed by atoms with Crippen LogP contribution in [-0.4, -0.2) is 32.0 Å². The molecule has 0 spiro atoms. The predicted octanol–water partition coefficient (Wildman–Crippen LogP) is 2.61. The maximum absolute atomic E-state index is 12.1. The summed E-state index contributed by atoms with van der Waals surface area (Å²) in [5.41, 5.74) is 2.23. The van der Waals surface area contributed by atoms with Crippen LogP contribution in [-0.2, 0) is 4.79 Å². The molecule has 23 heavy (non-hydrogen) atoms. The minimum atomic E-state index is -0.145. The molecule has 2 aromatic carbocycles. The molecular weight excluding hydrogens is 294 g/mol. The van der Waals surface area contributed by atoms with E-state index in [1.54, 1.807) is 23.1 Å². The van der Waals surface area contributed by atoms with Crippen LogP contribution >= 0.6 is 0 Å². The summed E-state index contributed by atoms with van der Waals surface area (Å²) in [5.74, 6) is 1.23. The van der Waals surface area contributed by atoms with Crippen LogP contribution in [0.4, 0.5) is 5.69 Å². The highest BCUT2D eigenvalue weighted by atomic mass is 16.5. The topological polar surface area (TPSA) is 55.8 Å². The van der Waals surface area contributed by atoms with Crippen molar-refractivity contribution in [3.05, 3.63) is 53.6 Å². The fraction of sp³-hybridized carbons (Fsp3) is 0.222. The van der Waals surface area contributed by atoms with Gasteiger partial charge in [0.25, 0.3) is 5.91 Å². The SMILES string of the molecule is Cc1cccc(OCCN2C(=O)COc3ccc(C=O)cc32)c1. The Morgan fingerprint density at radius 1 is 1.26 bits per heavy atom. The molecule has 1 amide bonds. The van der Waals surface area contributed by atoms with E-state index in [2.05, 4.69) is 0 Å². The first-order chi connectivity index (χ1) is 11.2. The van der Waals surface area contributed by atoms with E-state index in [1.807, 2.05) is 31.2 Å². The van der Waals surface area contributed by atoms with Gasteiger partial charge in [-0.25, -0.2) is 0 Å². The van der Waals surface area contributed by atoms with Crippen LogP contribution in [0.5, 0.6) is 11.5 Å². The Hall–Kier alpha value is -2.82. The lowest BCUT2D eigenvalue weighted by atomic mass is 10.1. The molecule has 0 atom stereocenters. The molecule has 0 saturated heterocycles. The zero-order valence-electron chi connectivity index (χ0n) is 12.8. The van der Waals surface area contributed by atoms with Gasteiger partial charge in [0.2, 0.25) is 0 Å². The largest absolute Gasteiger partial charge is 0.492 e. The highest BCUT2D eigenvalue weighted by molar-refractivity contribution is 5.98. The van der Waals surface area contributed by atoms with Crippen LogP contribution in [0.1, 0.15) is 15.9 Å². The van der Waals surface area contributed by atoms with Crippen LogP contribution in [0.25, 0.3) is 0 Å². The average molecular weight is 311 g/mol. The van der Waals surface area contributed by atoms with Crippen molar-refractivity contribution in [3.63, 3.8) is 0 Å². The normalized spacial score (nSPS) is 13.3. The molecule has 0 saturated carbocycles. The van der Waals surface area contributed by atoms with Gasteiger partial charge in [-0.15, -0.1) is 0 Å². The number of benzene rings is 2. The maximum Gasteiger partial charge on any atom is 0.265 e. The number of nitrogens with zero attached hydrogens (tertiary/aromatic N) is 1. The summed E-state index contributed by atoms with van der Waals surface area (Å²) in [5, 5.41) is 0. The lowest BCUT2D eigenvalue weighted by Crippen LogP contribution is -2.41. The van der Waals surface area contributed by atoms with E-state index in [4.69, 9.17) is 9.47 Å². The molecule has 1 aliphatic heterocycles. The minimum Gasteiger partial charge on any atom is -0.492 e. The summed E-state index contributed by atoms with van der Waals surface area (Å²) in [6.07, 6.45) is 0.751. The fourth-order valence-corrected chi connectivity index (χ4v) is 2.50. The minimum absolute atomic E-state index is 0.00210. The highest BCUT2D eigenvalue weighted by Gasteiger charge is 2.25. The van der Waals surface area contributed by atoms with E-state index in [1.165, 1.54) is 0 Å². The van der Waals surface area contributed by atoms with Crippen molar-refractivity contribution in [1.82, 2.24) is 0 Å². The molecule has 0 aromatic heterocycles. The first-order valence-corrected chi connectivity index (χ1v) is 7.39. The number of fused-ring (bicyclic) bond motifs is 1. The van der Waals surface area contributed by atoms with Gasteiger partial charge in [-0.1, -0.05) is 12.1 Å². The molecule has 3 rings (SSSR count). The van der Waals surface area contributed by atoms with E-state index in [9.17, 15) is 9.59 Å². The van der Waals surface area contributed by atoms with Gasteiger partial charge in [0.1, 0.15) is 24.4 Å². The van der Waals surface area contributed by atoms with Crippen molar-refractivity contribution < 1.29 is 19.1 Å². The molecule has 1 heterocycles. The molecule has 118 valence electrons. The summed E-state index contributed by atoms with van der Waals surface area (Å²) in [7, 11) is 0. The molecule has 5 nitrogen and oxygen atoms in total. The fourth-order valence-electron chi connectivity index (χ4n) is 2.50. The number of hydrogen-bond donors (Lipinski definition) is 0. The Labute approximate surface area is 134 Å². The summed E-state index contributed by atoms with van der Waals surface area (Å²) in [6.45, 7) is 2.75. The van der Waals surface area contributed by atoms with Gasteiger partial charge in [-0.3, -0.25) is 9.59 Å². The van der Waals surface area contributed by atoms with E-state index >= 15 is 0 Å². The standard InChI is InChI=1S/C18H17NO4/c1-13-3-2-4-15(9-13)22-8-7-19-16-10-14(11-20)5-6-17(16)23-12-18(19)21/h2-6,9-11H,7-8,12H2,1H3. The molecule has 2 aromatic rings. The number of carbonyl (C=O) groups excluding carboxylic acids is 2. The Kier molecular flexibility index (Phi) is 4.28. The third-order valence-corrected chi connectivity index (χ3v) is 3.64. The van der Waals surface area contributed by atoms with Gasteiger partial charge in [-0.2, -0.15) is 0 Å². The Bertz CT molecular complexity index is 742.